The van der Waals surface area contributed by atoms with Crippen LogP contribution in [0.4, 0.5) is 0 Å². The molecule has 1 heterocycles. The van der Waals surface area contributed by atoms with Crippen molar-refractivity contribution in [3.05, 3.63) is 51.3 Å². The van der Waals surface area contributed by atoms with Crippen LogP contribution in [-0.4, -0.2) is 37.9 Å². The van der Waals surface area contributed by atoms with Crippen molar-refractivity contribution in [2.45, 2.75) is 38.6 Å². The summed E-state index contributed by atoms with van der Waals surface area (Å²) in [5, 5.41) is 0.280. The minimum absolute atomic E-state index is 0.0710. The second-order valence-electron chi connectivity index (χ2n) is 6.73. The number of nitrogens with zero attached hydrogens (tertiary/aromatic N) is 1. The predicted octanol–water partition coefficient (Wildman–Crippen LogP) is 3.70. The van der Waals surface area contributed by atoms with Gasteiger partial charge >= 0.3 is 5.97 Å². The molecule has 0 spiro atoms. The first-order valence-electron chi connectivity index (χ1n) is 8.76. The summed E-state index contributed by atoms with van der Waals surface area (Å²) in [6.45, 7) is 6.64. The highest BCUT2D eigenvalue weighted by atomic mass is 35.5. The van der Waals surface area contributed by atoms with E-state index in [-0.39, 0.29) is 26.8 Å². The van der Waals surface area contributed by atoms with Crippen LogP contribution in [0.25, 0.3) is 0 Å². The number of nitrogens with one attached hydrogen (secondary N) is 1. The van der Waals surface area contributed by atoms with Crippen LogP contribution in [0.3, 0.4) is 0 Å². The monoisotopic (exact) mass is 460 g/mol. The number of aryl methyl sites for hydroxylation is 1. The molecular weight excluding hydrogens is 439 g/mol. The normalized spacial score (nSPS) is 11.7. The molecule has 0 atom stereocenters. The van der Waals surface area contributed by atoms with Gasteiger partial charge in [-0.25, -0.2) is 8.42 Å². The quantitative estimate of drug-likeness (QED) is 0.478. The molecule has 0 saturated heterocycles. The van der Waals surface area contributed by atoms with Gasteiger partial charge in [0, 0.05) is 23.0 Å². The highest BCUT2D eigenvalue weighted by Gasteiger charge is 2.20. The topological polar surface area (TPSA) is 94.5 Å². The number of esters is 1. The lowest BCUT2D eigenvalue weighted by Crippen LogP contribution is -2.31. The van der Waals surface area contributed by atoms with Crippen molar-refractivity contribution < 1.29 is 22.7 Å². The molecule has 2 aromatic rings. The fourth-order valence-corrected chi connectivity index (χ4v) is 4.37. The van der Waals surface area contributed by atoms with Gasteiger partial charge in [-0.15, -0.1) is 0 Å². The van der Waals surface area contributed by atoms with Crippen LogP contribution in [0, 0.1) is 13.8 Å². The first-order valence-corrected chi connectivity index (χ1v) is 11.0. The molecule has 0 bridgehead atoms. The minimum atomic E-state index is -3.99. The third-order valence-corrected chi connectivity index (χ3v) is 6.41. The third-order valence-electron chi connectivity index (χ3n) is 4.27. The van der Waals surface area contributed by atoms with Crippen LogP contribution in [0.15, 0.2) is 29.2 Å². The van der Waals surface area contributed by atoms with E-state index in [0.717, 1.165) is 11.4 Å². The van der Waals surface area contributed by atoms with Gasteiger partial charge < -0.3 is 9.30 Å². The van der Waals surface area contributed by atoms with Crippen molar-refractivity contribution in [3.8, 4) is 0 Å². The van der Waals surface area contributed by atoms with Crippen LogP contribution < -0.4 is 4.72 Å². The first-order chi connectivity index (χ1) is 13.4. The van der Waals surface area contributed by atoms with Crippen LogP contribution in [-0.2, 0) is 19.6 Å². The van der Waals surface area contributed by atoms with E-state index in [1.54, 1.807) is 6.07 Å². The number of benzene rings is 1. The molecule has 0 saturated carbocycles. The lowest BCUT2D eigenvalue weighted by atomic mass is 10.1. The van der Waals surface area contributed by atoms with Gasteiger partial charge in [-0.05, 0) is 52.0 Å². The van der Waals surface area contributed by atoms with Crippen molar-refractivity contribution in [1.29, 1.82) is 0 Å². The van der Waals surface area contributed by atoms with E-state index in [4.69, 9.17) is 27.9 Å². The summed E-state index contributed by atoms with van der Waals surface area (Å²) in [5.74, 6) is -1.23. The average Bonchev–Trinajstić information content (AvgIpc) is 2.94. The molecule has 0 amide bonds. The number of hydrogen-bond acceptors (Lipinski definition) is 5. The van der Waals surface area contributed by atoms with Crippen molar-refractivity contribution in [1.82, 2.24) is 9.29 Å². The molecule has 0 aliphatic heterocycles. The number of halogens is 2. The summed E-state index contributed by atoms with van der Waals surface area (Å²) in [6.07, 6.45) is 0. The van der Waals surface area contributed by atoms with Crippen molar-refractivity contribution in [2.24, 2.45) is 0 Å². The lowest BCUT2D eigenvalue weighted by Gasteiger charge is -2.13. The zero-order valence-corrected chi connectivity index (χ0v) is 18.8. The maximum Gasteiger partial charge on any atom is 0.321 e. The van der Waals surface area contributed by atoms with Gasteiger partial charge in [0.1, 0.15) is 6.54 Å². The Labute approximate surface area is 180 Å². The maximum atomic E-state index is 12.4. The summed E-state index contributed by atoms with van der Waals surface area (Å²) in [5.41, 5.74) is 2.20. The Morgan fingerprint density at radius 3 is 2.34 bits per heavy atom. The van der Waals surface area contributed by atoms with Crippen LogP contribution in [0.1, 0.15) is 41.6 Å². The predicted molar refractivity (Wildman–Crippen MR) is 111 cm³/mol. The number of ketones is 1. The number of hydrogen-bond donors (Lipinski definition) is 1. The number of aromatic nitrogens is 1. The average molecular weight is 461 g/mol. The van der Waals surface area contributed by atoms with Gasteiger partial charge in [-0.1, -0.05) is 23.2 Å². The highest BCUT2D eigenvalue weighted by molar-refractivity contribution is 7.89. The molecule has 0 radical (unpaired) electrons. The second-order valence-corrected chi connectivity index (χ2v) is 9.31. The first kappa shape index (κ1) is 23.4. The Hall–Kier alpha value is -1.87. The molecule has 1 N–H and O–H groups in total. The molecule has 10 heteroatoms. The van der Waals surface area contributed by atoms with Crippen LogP contribution in [0.5, 0.6) is 0 Å². The highest BCUT2D eigenvalue weighted by Crippen LogP contribution is 2.24. The number of Topliss-reactive ketones (excluding diaryl/α,β-unsaturated/α-hetero) is 1. The third kappa shape index (κ3) is 5.60. The Morgan fingerprint density at radius 1 is 1.14 bits per heavy atom. The van der Waals surface area contributed by atoms with Crippen LogP contribution >= 0.6 is 23.2 Å². The molecular formula is C19H22Cl2N2O5S. The molecule has 0 fully saturated rings. The number of rotatable bonds is 8. The smallest absolute Gasteiger partial charge is 0.321 e. The minimum Gasteiger partial charge on any atom is -0.456 e. The molecule has 7 nitrogen and oxygen atoms in total. The van der Waals surface area contributed by atoms with E-state index >= 15 is 0 Å². The SMILES string of the molecule is Cc1cc(C(=O)COC(=O)CNS(=O)(=O)c2ccc(Cl)c(Cl)c2)c(C)n1C(C)C. The van der Waals surface area contributed by atoms with Gasteiger partial charge in [0.2, 0.25) is 15.8 Å². The van der Waals surface area contributed by atoms with E-state index in [0.29, 0.717) is 5.56 Å². The molecule has 0 aliphatic carbocycles. The molecule has 29 heavy (non-hydrogen) atoms. The van der Waals surface area contributed by atoms with E-state index in [1.807, 2.05) is 32.3 Å². The summed E-state index contributed by atoms with van der Waals surface area (Å²) in [4.78, 5) is 24.1. The maximum absolute atomic E-state index is 12.4. The fraction of sp³-hybridized carbons (Fsp3) is 0.368. The van der Waals surface area contributed by atoms with Gasteiger partial charge in [-0.3, -0.25) is 9.59 Å². The zero-order valence-electron chi connectivity index (χ0n) is 16.5. The number of ether oxygens (including phenoxy) is 1. The summed E-state index contributed by atoms with van der Waals surface area (Å²) < 4.78 is 33.5. The summed E-state index contributed by atoms with van der Waals surface area (Å²) in [6, 6.07) is 5.71. The Morgan fingerprint density at radius 2 is 1.79 bits per heavy atom. The number of carbonyl (C=O) groups excluding carboxylic acids is 2. The molecule has 1 aromatic heterocycles. The van der Waals surface area contributed by atoms with Crippen molar-refractivity contribution in [2.75, 3.05) is 13.2 Å². The van der Waals surface area contributed by atoms with Gasteiger partial charge in [0.15, 0.2) is 6.61 Å². The van der Waals surface area contributed by atoms with Gasteiger partial charge in [-0.2, -0.15) is 4.72 Å². The van der Waals surface area contributed by atoms with Gasteiger partial charge in [0.25, 0.3) is 0 Å². The number of carbonyl (C=O) groups is 2. The second kappa shape index (κ2) is 9.30. The van der Waals surface area contributed by atoms with E-state index in [9.17, 15) is 18.0 Å². The molecule has 2 rings (SSSR count). The largest absolute Gasteiger partial charge is 0.456 e. The fourth-order valence-electron chi connectivity index (χ4n) is 3.01. The Bertz CT molecular complexity index is 1050. The zero-order chi connectivity index (χ0) is 21.9. The number of sulfonamides is 1. The summed E-state index contributed by atoms with van der Waals surface area (Å²) in [7, 11) is -3.99. The Balaban J connectivity index is 1.95. The van der Waals surface area contributed by atoms with Crippen LogP contribution in [0.2, 0.25) is 10.0 Å². The molecule has 0 unspecified atom stereocenters. The van der Waals surface area contributed by atoms with E-state index < -0.39 is 29.1 Å². The van der Waals surface area contributed by atoms with E-state index in [1.165, 1.54) is 18.2 Å². The standard InChI is InChI=1S/C19H22Cl2N2O5S/c1-11(2)23-12(3)7-15(13(23)4)18(24)10-28-19(25)9-22-29(26,27)14-5-6-16(20)17(21)8-14/h5-8,11,22H,9-10H2,1-4H3. The Kier molecular flexibility index (Phi) is 7.50. The van der Waals surface area contributed by atoms with E-state index in [2.05, 4.69) is 4.72 Å². The molecule has 1 aromatic carbocycles. The lowest BCUT2D eigenvalue weighted by molar-refractivity contribution is -0.141. The van der Waals surface area contributed by atoms with Crippen molar-refractivity contribution >= 4 is 45.0 Å². The van der Waals surface area contributed by atoms with Crippen molar-refractivity contribution in [3.63, 3.8) is 0 Å². The molecule has 0 aliphatic rings. The van der Waals surface area contributed by atoms with Gasteiger partial charge in [0.05, 0.1) is 14.9 Å². The summed E-state index contributed by atoms with van der Waals surface area (Å²) >= 11 is 11.6. The molecule has 158 valence electrons.